The maximum Gasteiger partial charge on any atom is 0.254 e. The van der Waals surface area contributed by atoms with Crippen molar-refractivity contribution in [2.75, 3.05) is 13.1 Å². The van der Waals surface area contributed by atoms with Crippen LogP contribution in [0.25, 0.3) is 0 Å². The number of nitrogens with zero attached hydrogens (tertiary/aromatic N) is 1. The van der Waals surface area contributed by atoms with Gasteiger partial charge in [-0.25, -0.2) is 0 Å². The maximum absolute atomic E-state index is 12.1. The van der Waals surface area contributed by atoms with Gasteiger partial charge in [0, 0.05) is 13.1 Å². The number of nitrogens with two attached hydrogens (primary N) is 1. The molecule has 0 saturated heterocycles. The number of aliphatic hydroxyl groups is 2. The van der Waals surface area contributed by atoms with Gasteiger partial charge in [0.1, 0.15) is 0 Å². The predicted molar refractivity (Wildman–Crippen MR) is 76.7 cm³/mol. The molecule has 2 amide bonds. The molecule has 0 fully saturated rings. The van der Waals surface area contributed by atoms with Gasteiger partial charge in [-0.1, -0.05) is 27.7 Å². The van der Waals surface area contributed by atoms with Crippen molar-refractivity contribution < 1.29 is 19.8 Å². The van der Waals surface area contributed by atoms with E-state index in [2.05, 4.69) is 0 Å². The quantitative estimate of drug-likeness (QED) is 0.560. The minimum absolute atomic E-state index is 0.419. The molecule has 6 heteroatoms. The molecule has 2 unspecified atom stereocenters. The average Bonchev–Trinajstić information content (AvgIpc) is 2.35. The molecule has 0 rings (SSSR count). The highest BCUT2D eigenvalue weighted by atomic mass is 16.3. The number of aliphatic hydroxyl groups excluding tert-OH is 2. The Morgan fingerprint density at radius 1 is 0.950 bits per heavy atom. The molecule has 4 N–H and O–H groups in total. The Balaban J connectivity index is 4.72. The second-order valence-corrected chi connectivity index (χ2v) is 5.98. The molecule has 0 saturated carbocycles. The third kappa shape index (κ3) is 6.86. The molecule has 0 radical (unpaired) electrons. The van der Waals surface area contributed by atoms with Crippen molar-refractivity contribution in [3.8, 4) is 0 Å². The molecule has 2 atom stereocenters. The van der Waals surface area contributed by atoms with Gasteiger partial charge in [0.25, 0.3) is 5.91 Å². The minimum atomic E-state index is -1.86. The number of amides is 2. The van der Waals surface area contributed by atoms with E-state index < -0.39 is 24.0 Å². The predicted octanol–water partition coefficient (Wildman–Crippen LogP) is 0.114. The van der Waals surface area contributed by atoms with Crippen molar-refractivity contribution in [1.29, 1.82) is 0 Å². The fraction of sp³-hybridized carbons (Fsp3) is 0.857. The first-order chi connectivity index (χ1) is 9.16. The van der Waals surface area contributed by atoms with E-state index in [1.807, 2.05) is 27.7 Å². The fourth-order valence-corrected chi connectivity index (χ4v) is 1.64. The van der Waals surface area contributed by atoms with Gasteiger partial charge >= 0.3 is 0 Å². The van der Waals surface area contributed by atoms with Gasteiger partial charge in [-0.2, -0.15) is 0 Å². The summed E-state index contributed by atoms with van der Waals surface area (Å²) < 4.78 is 0. The van der Waals surface area contributed by atoms with Crippen molar-refractivity contribution in [2.45, 2.75) is 52.7 Å². The second-order valence-electron chi connectivity index (χ2n) is 5.98. The molecule has 0 aliphatic rings. The number of rotatable bonds is 9. The molecule has 0 aromatic heterocycles. The summed E-state index contributed by atoms with van der Waals surface area (Å²) in [5.41, 5.74) is 4.90. The van der Waals surface area contributed by atoms with Crippen LogP contribution >= 0.6 is 0 Å². The number of hydrogen-bond acceptors (Lipinski definition) is 4. The standard InChI is InChI=1S/C14H28N2O4/c1-9(2)5-7-16(8-6-10(3)4)14(20)12(18)11(17)13(15)19/h9-12,17-18H,5-8H2,1-4H3,(H2,15,19). The fourth-order valence-electron chi connectivity index (χ4n) is 1.64. The van der Waals surface area contributed by atoms with Crippen LogP contribution in [0.15, 0.2) is 0 Å². The van der Waals surface area contributed by atoms with Crippen LogP contribution in [-0.4, -0.2) is 52.2 Å². The van der Waals surface area contributed by atoms with E-state index in [-0.39, 0.29) is 0 Å². The zero-order chi connectivity index (χ0) is 15.9. The first-order valence-electron chi connectivity index (χ1n) is 7.11. The smallest absolute Gasteiger partial charge is 0.254 e. The van der Waals surface area contributed by atoms with Gasteiger partial charge in [0.05, 0.1) is 0 Å². The first kappa shape index (κ1) is 18.9. The number of hydrogen-bond donors (Lipinski definition) is 3. The largest absolute Gasteiger partial charge is 0.380 e. The maximum atomic E-state index is 12.1. The lowest BCUT2D eigenvalue weighted by Crippen LogP contribution is -2.50. The summed E-state index contributed by atoms with van der Waals surface area (Å²) in [4.78, 5) is 24.5. The Hall–Kier alpha value is -1.14. The summed E-state index contributed by atoms with van der Waals surface area (Å²) >= 11 is 0. The van der Waals surface area contributed by atoms with Crippen LogP contribution in [-0.2, 0) is 9.59 Å². The van der Waals surface area contributed by atoms with E-state index >= 15 is 0 Å². The zero-order valence-electron chi connectivity index (χ0n) is 12.9. The minimum Gasteiger partial charge on any atom is -0.380 e. The van der Waals surface area contributed by atoms with Crippen LogP contribution in [0.1, 0.15) is 40.5 Å². The summed E-state index contributed by atoms with van der Waals surface area (Å²) in [7, 11) is 0. The van der Waals surface area contributed by atoms with Gasteiger partial charge in [-0.15, -0.1) is 0 Å². The van der Waals surface area contributed by atoms with E-state index in [9.17, 15) is 19.8 Å². The molecule has 0 bridgehead atoms. The Labute approximate surface area is 120 Å². The highest BCUT2D eigenvalue weighted by Gasteiger charge is 2.31. The Morgan fingerprint density at radius 2 is 1.35 bits per heavy atom. The van der Waals surface area contributed by atoms with Crippen LogP contribution in [0.4, 0.5) is 0 Å². The third-order valence-corrected chi connectivity index (χ3v) is 3.11. The lowest BCUT2D eigenvalue weighted by atomic mass is 10.1. The van der Waals surface area contributed by atoms with Crippen molar-refractivity contribution >= 4 is 11.8 Å². The van der Waals surface area contributed by atoms with E-state index in [0.717, 1.165) is 12.8 Å². The lowest BCUT2D eigenvalue weighted by molar-refractivity contribution is -0.152. The summed E-state index contributed by atoms with van der Waals surface area (Å²) in [6.45, 7) is 9.15. The molecule has 0 aromatic rings. The van der Waals surface area contributed by atoms with Gasteiger partial charge in [-0.3, -0.25) is 9.59 Å². The molecule has 118 valence electrons. The van der Waals surface area contributed by atoms with Crippen LogP contribution in [0, 0.1) is 11.8 Å². The first-order valence-corrected chi connectivity index (χ1v) is 7.11. The molecule has 0 aliphatic carbocycles. The van der Waals surface area contributed by atoms with Crippen LogP contribution in [0.2, 0.25) is 0 Å². The molecule has 0 spiro atoms. The SMILES string of the molecule is CC(C)CCN(CCC(C)C)C(=O)C(O)C(O)C(N)=O. The molecule has 20 heavy (non-hydrogen) atoms. The summed E-state index contributed by atoms with van der Waals surface area (Å²) in [5, 5.41) is 19.1. The molecular formula is C14H28N2O4. The molecule has 0 aliphatic heterocycles. The second kappa shape index (κ2) is 8.92. The third-order valence-electron chi connectivity index (χ3n) is 3.11. The van der Waals surface area contributed by atoms with Gasteiger partial charge in [0.2, 0.25) is 5.91 Å². The molecular weight excluding hydrogens is 260 g/mol. The van der Waals surface area contributed by atoms with E-state index in [4.69, 9.17) is 5.73 Å². The molecule has 6 nitrogen and oxygen atoms in total. The molecule has 0 heterocycles. The average molecular weight is 288 g/mol. The van der Waals surface area contributed by atoms with Crippen molar-refractivity contribution in [3.63, 3.8) is 0 Å². The van der Waals surface area contributed by atoms with Gasteiger partial charge in [0.15, 0.2) is 12.2 Å². The number of carbonyl (C=O) groups is 2. The highest BCUT2D eigenvalue weighted by Crippen LogP contribution is 2.09. The normalized spacial score (nSPS) is 14.4. The Bertz CT molecular complexity index is 306. The van der Waals surface area contributed by atoms with Gasteiger partial charge < -0.3 is 20.8 Å². The monoisotopic (exact) mass is 288 g/mol. The van der Waals surface area contributed by atoms with E-state index in [0.29, 0.717) is 24.9 Å². The highest BCUT2D eigenvalue weighted by molar-refractivity contribution is 5.89. The summed E-state index contributed by atoms with van der Waals surface area (Å²) in [5.74, 6) is -0.902. The van der Waals surface area contributed by atoms with Crippen molar-refractivity contribution in [2.24, 2.45) is 17.6 Å². The molecule has 0 aromatic carbocycles. The van der Waals surface area contributed by atoms with E-state index in [1.165, 1.54) is 4.90 Å². The zero-order valence-corrected chi connectivity index (χ0v) is 12.9. The van der Waals surface area contributed by atoms with Crippen LogP contribution < -0.4 is 5.73 Å². The van der Waals surface area contributed by atoms with Gasteiger partial charge in [-0.05, 0) is 24.7 Å². The number of primary amides is 1. The van der Waals surface area contributed by atoms with E-state index in [1.54, 1.807) is 0 Å². The Kier molecular flexibility index (Phi) is 8.41. The number of carbonyl (C=O) groups excluding carboxylic acids is 2. The van der Waals surface area contributed by atoms with Crippen LogP contribution in [0.3, 0.4) is 0 Å². The van der Waals surface area contributed by atoms with Crippen molar-refractivity contribution in [3.05, 3.63) is 0 Å². The lowest BCUT2D eigenvalue weighted by Gasteiger charge is -2.27. The van der Waals surface area contributed by atoms with Crippen LogP contribution in [0.5, 0.6) is 0 Å². The van der Waals surface area contributed by atoms with Crippen molar-refractivity contribution in [1.82, 2.24) is 4.90 Å². The summed E-state index contributed by atoms with van der Waals surface area (Å²) in [6.07, 6.45) is -2.05. The summed E-state index contributed by atoms with van der Waals surface area (Å²) in [6, 6.07) is 0. The Morgan fingerprint density at radius 3 is 1.65 bits per heavy atom. The topological polar surface area (TPSA) is 104 Å².